The van der Waals surface area contributed by atoms with Crippen molar-refractivity contribution in [3.05, 3.63) is 53.6 Å². The van der Waals surface area contributed by atoms with Crippen molar-refractivity contribution in [3.8, 4) is 22.8 Å². The van der Waals surface area contributed by atoms with Gasteiger partial charge in [-0.1, -0.05) is 35.5 Å². The third kappa shape index (κ3) is 3.78. The van der Waals surface area contributed by atoms with E-state index in [4.69, 9.17) is 21.4 Å². The van der Waals surface area contributed by atoms with E-state index in [1.54, 1.807) is 23.8 Å². The monoisotopic (exact) mass is 375 g/mol. The molecule has 0 spiro atoms. The van der Waals surface area contributed by atoms with Gasteiger partial charge in [0.15, 0.2) is 11.0 Å². The lowest BCUT2D eigenvalue weighted by Crippen LogP contribution is -2.03. The van der Waals surface area contributed by atoms with Crippen LogP contribution < -0.4 is 4.74 Å². The Bertz CT molecular complexity index is 896. The van der Waals surface area contributed by atoms with Gasteiger partial charge in [0.25, 0.3) is 0 Å². The highest BCUT2D eigenvalue weighted by Gasteiger charge is 2.19. The molecule has 128 valence electrons. The topological polar surface area (TPSA) is 77.2 Å². The van der Waals surface area contributed by atoms with E-state index in [1.165, 1.54) is 0 Å². The zero-order chi connectivity index (χ0) is 17.8. The molecule has 0 radical (unpaired) electrons. The van der Waals surface area contributed by atoms with Crippen LogP contribution in [0.3, 0.4) is 0 Å². The highest BCUT2D eigenvalue weighted by molar-refractivity contribution is 7.99. The zero-order valence-electron chi connectivity index (χ0n) is 13.2. The third-order valence-electron chi connectivity index (χ3n) is 3.39. The van der Waals surface area contributed by atoms with Gasteiger partial charge in [-0.15, -0.1) is 10.2 Å². The van der Waals surface area contributed by atoms with Gasteiger partial charge in [-0.25, -0.2) is 0 Å². The minimum atomic E-state index is -0.922. The van der Waals surface area contributed by atoms with Gasteiger partial charge in [-0.3, -0.25) is 9.36 Å². The SMILES string of the molecule is COc1ccccc1-c1nnc(SCC(=O)O)n1-c1ccc(Cl)cc1. The summed E-state index contributed by atoms with van der Waals surface area (Å²) in [5, 5.41) is 18.5. The van der Waals surface area contributed by atoms with Crippen LogP contribution >= 0.6 is 23.4 Å². The van der Waals surface area contributed by atoms with E-state index in [0.717, 1.165) is 23.0 Å². The summed E-state index contributed by atoms with van der Waals surface area (Å²) >= 11 is 7.08. The number of aliphatic carboxylic acids is 1. The predicted octanol–water partition coefficient (Wildman–Crippen LogP) is 3.77. The molecule has 0 aliphatic rings. The highest BCUT2D eigenvalue weighted by atomic mass is 35.5. The quantitative estimate of drug-likeness (QED) is 0.661. The van der Waals surface area contributed by atoms with E-state index in [-0.39, 0.29) is 5.75 Å². The lowest BCUT2D eigenvalue weighted by molar-refractivity contribution is -0.133. The van der Waals surface area contributed by atoms with Gasteiger partial charge >= 0.3 is 5.97 Å². The van der Waals surface area contributed by atoms with E-state index in [9.17, 15) is 4.79 Å². The summed E-state index contributed by atoms with van der Waals surface area (Å²) < 4.78 is 7.21. The molecule has 1 heterocycles. The smallest absolute Gasteiger partial charge is 0.313 e. The predicted molar refractivity (Wildman–Crippen MR) is 96.7 cm³/mol. The molecule has 0 unspecified atom stereocenters. The summed E-state index contributed by atoms with van der Waals surface area (Å²) in [6, 6.07) is 14.6. The van der Waals surface area contributed by atoms with Crippen molar-refractivity contribution in [2.24, 2.45) is 0 Å². The number of carboxylic acids is 1. The Balaban J connectivity index is 2.15. The molecule has 1 aromatic heterocycles. The van der Waals surface area contributed by atoms with Crippen LogP contribution in [0.5, 0.6) is 5.75 Å². The molecule has 0 saturated heterocycles. The van der Waals surface area contributed by atoms with Gasteiger partial charge in [0.05, 0.1) is 18.4 Å². The molecule has 0 aliphatic heterocycles. The molecule has 6 nitrogen and oxygen atoms in total. The van der Waals surface area contributed by atoms with Crippen molar-refractivity contribution in [2.75, 3.05) is 12.9 Å². The fourth-order valence-corrected chi connectivity index (χ4v) is 3.11. The number of hydrogen-bond donors (Lipinski definition) is 1. The Hall–Kier alpha value is -2.51. The van der Waals surface area contributed by atoms with Crippen LogP contribution in [-0.4, -0.2) is 38.7 Å². The molecule has 0 bridgehead atoms. The molecular formula is C17H14ClN3O3S. The number of methoxy groups -OCH3 is 1. The Morgan fingerprint density at radius 1 is 1.20 bits per heavy atom. The first-order chi connectivity index (χ1) is 12.1. The van der Waals surface area contributed by atoms with Gasteiger partial charge in [-0.2, -0.15) is 0 Å². The average molecular weight is 376 g/mol. The number of ether oxygens (including phenoxy) is 1. The van der Waals surface area contributed by atoms with Crippen LogP contribution in [0.25, 0.3) is 17.1 Å². The Morgan fingerprint density at radius 3 is 2.60 bits per heavy atom. The van der Waals surface area contributed by atoms with Crippen molar-refractivity contribution in [1.29, 1.82) is 0 Å². The second kappa shape index (κ2) is 7.58. The van der Waals surface area contributed by atoms with Crippen LogP contribution in [0.2, 0.25) is 5.02 Å². The second-order valence-corrected chi connectivity index (χ2v) is 6.38. The number of benzene rings is 2. The number of carbonyl (C=O) groups is 1. The highest BCUT2D eigenvalue weighted by Crippen LogP contribution is 2.33. The average Bonchev–Trinajstić information content (AvgIpc) is 3.04. The summed E-state index contributed by atoms with van der Waals surface area (Å²) in [4.78, 5) is 10.9. The number of aromatic nitrogens is 3. The van der Waals surface area contributed by atoms with Gasteiger partial charge in [0, 0.05) is 10.7 Å². The fraction of sp³-hybridized carbons (Fsp3) is 0.118. The Kier molecular flexibility index (Phi) is 5.25. The normalized spacial score (nSPS) is 10.6. The van der Waals surface area contributed by atoms with Gasteiger partial charge in [0.1, 0.15) is 5.75 Å². The van der Waals surface area contributed by atoms with E-state index >= 15 is 0 Å². The molecule has 0 saturated carbocycles. The van der Waals surface area contributed by atoms with Crippen LogP contribution in [0, 0.1) is 0 Å². The number of carboxylic acid groups (broad SMARTS) is 1. The van der Waals surface area contributed by atoms with Crippen LogP contribution in [0.15, 0.2) is 53.7 Å². The van der Waals surface area contributed by atoms with Gasteiger partial charge in [-0.05, 0) is 36.4 Å². The van der Waals surface area contributed by atoms with E-state index in [1.807, 2.05) is 36.4 Å². The first kappa shape index (κ1) is 17.3. The third-order valence-corrected chi connectivity index (χ3v) is 4.56. The maximum absolute atomic E-state index is 10.9. The first-order valence-electron chi connectivity index (χ1n) is 7.29. The second-order valence-electron chi connectivity index (χ2n) is 5.00. The number of para-hydroxylation sites is 1. The van der Waals surface area contributed by atoms with Crippen molar-refractivity contribution in [3.63, 3.8) is 0 Å². The van der Waals surface area contributed by atoms with Crippen LogP contribution in [-0.2, 0) is 4.79 Å². The van der Waals surface area contributed by atoms with Crippen LogP contribution in [0.1, 0.15) is 0 Å². The Labute approximate surface area is 153 Å². The fourth-order valence-electron chi connectivity index (χ4n) is 2.32. The molecule has 2 aromatic carbocycles. The molecule has 0 atom stereocenters. The number of thioether (sulfide) groups is 1. The molecule has 25 heavy (non-hydrogen) atoms. The molecule has 0 aliphatic carbocycles. The largest absolute Gasteiger partial charge is 0.496 e. The van der Waals surface area contributed by atoms with Crippen molar-refractivity contribution >= 4 is 29.3 Å². The number of halogens is 1. The first-order valence-corrected chi connectivity index (χ1v) is 8.66. The molecular weight excluding hydrogens is 362 g/mol. The Morgan fingerprint density at radius 2 is 1.92 bits per heavy atom. The maximum atomic E-state index is 10.9. The molecule has 8 heteroatoms. The van der Waals surface area contributed by atoms with E-state index in [2.05, 4.69) is 10.2 Å². The lowest BCUT2D eigenvalue weighted by Gasteiger charge is -2.12. The minimum Gasteiger partial charge on any atom is -0.496 e. The molecule has 3 rings (SSSR count). The van der Waals surface area contributed by atoms with Gasteiger partial charge in [0.2, 0.25) is 0 Å². The number of nitrogens with zero attached hydrogens (tertiary/aromatic N) is 3. The maximum Gasteiger partial charge on any atom is 0.313 e. The summed E-state index contributed by atoms with van der Waals surface area (Å²) in [6.45, 7) is 0. The number of rotatable bonds is 6. The number of hydrogen-bond acceptors (Lipinski definition) is 5. The molecule has 0 amide bonds. The van der Waals surface area contributed by atoms with Gasteiger partial charge < -0.3 is 9.84 Å². The van der Waals surface area contributed by atoms with E-state index in [0.29, 0.717) is 21.8 Å². The van der Waals surface area contributed by atoms with Crippen LogP contribution in [0.4, 0.5) is 0 Å². The molecule has 0 fully saturated rings. The molecule has 1 N–H and O–H groups in total. The van der Waals surface area contributed by atoms with Crippen molar-refractivity contribution in [2.45, 2.75) is 5.16 Å². The lowest BCUT2D eigenvalue weighted by atomic mass is 10.2. The minimum absolute atomic E-state index is 0.113. The standard InChI is InChI=1S/C17H14ClN3O3S/c1-24-14-5-3-2-4-13(14)16-19-20-17(25-10-15(22)23)21(16)12-8-6-11(18)7-9-12/h2-9H,10H2,1H3,(H,22,23). The van der Waals surface area contributed by atoms with Crippen molar-refractivity contribution in [1.82, 2.24) is 14.8 Å². The van der Waals surface area contributed by atoms with E-state index < -0.39 is 5.97 Å². The summed E-state index contributed by atoms with van der Waals surface area (Å²) in [5.74, 6) is 0.180. The van der Waals surface area contributed by atoms with Crippen molar-refractivity contribution < 1.29 is 14.6 Å². The zero-order valence-corrected chi connectivity index (χ0v) is 14.8. The summed E-state index contributed by atoms with van der Waals surface area (Å²) in [5.41, 5.74) is 1.54. The summed E-state index contributed by atoms with van der Waals surface area (Å²) in [6.07, 6.45) is 0. The summed E-state index contributed by atoms with van der Waals surface area (Å²) in [7, 11) is 1.59. The molecule has 3 aromatic rings.